The monoisotopic (exact) mass is 337 g/mol. The highest BCUT2D eigenvalue weighted by Gasteiger charge is 2.11. The van der Waals surface area contributed by atoms with Crippen LogP contribution in [0.3, 0.4) is 0 Å². The van der Waals surface area contributed by atoms with Crippen LogP contribution < -0.4 is 10.6 Å². The van der Waals surface area contributed by atoms with E-state index in [0.29, 0.717) is 22.8 Å². The zero-order chi connectivity index (χ0) is 16.8. The Labute approximate surface area is 145 Å². The average Bonchev–Trinajstić information content (AvgIpc) is 2.63. The SMILES string of the molecule is O=C(Nc1ccc(Cl)cc1)c1cnccc1NCc1ccccc1. The van der Waals surface area contributed by atoms with E-state index in [0.717, 1.165) is 11.3 Å². The third-order valence-corrected chi connectivity index (χ3v) is 3.75. The van der Waals surface area contributed by atoms with Crippen molar-refractivity contribution in [3.63, 3.8) is 0 Å². The zero-order valence-electron chi connectivity index (χ0n) is 12.9. The van der Waals surface area contributed by atoms with Crippen molar-refractivity contribution in [2.75, 3.05) is 10.6 Å². The zero-order valence-corrected chi connectivity index (χ0v) is 13.6. The maximum Gasteiger partial charge on any atom is 0.259 e. The first-order valence-corrected chi connectivity index (χ1v) is 7.89. The Morgan fingerprint density at radius 3 is 2.50 bits per heavy atom. The van der Waals surface area contributed by atoms with Crippen LogP contribution in [-0.2, 0) is 6.54 Å². The second-order valence-corrected chi connectivity index (χ2v) is 5.66. The molecule has 0 spiro atoms. The summed E-state index contributed by atoms with van der Waals surface area (Å²) in [5.74, 6) is -0.221. The van der Waals surface area contributed by atoms with E-state index in [1.807, 2.05) is 30.3 Å². The summed E-state index contributed by atoms with van der Waals surface area (Å²) in [6.45, 7) is 0.631. The topological polar surface area (TPSA) is 54.0 Å². The third kappa shape index (κ3) is 4.12. The lowest BCUT2D eigenvalue weighted by atomic mass is 10.2. The van der Waals surface area contributed by atoms with Crippen LogP contribution in [0.5, 0.6) is 0 Å². The largest absolute Gasteiger partial charge is 0.380 e. The van der Waals surface area contributed by atoms with Gasteiger partial charge in [-0.05, 0) is 35.9 Å². The summed E-state index contributed by atoms with van der Waals surface area (Å²) in [4.78, 5) is 16.6. The Morgan fingerprint density at radius 1 is 1.00 bits per heavy atom. The van der Waals surface area contributed by atoms with E-state index in [4.69, 9.17) is 11.6 Å². The Balaban J connectivity index is 1.73. The predicted molar refractivity (Wildman–Crippen MR) is 97.4 cm³/mol. The van der Waals surface area contributed by atoms with Crippen LogP contribution in [-0.4, -0.2) is 10.9 Å². The number of pyridine rings is 1. The molecule has 0 atom stereocenters. The van der Waals surface area contributed by atoms with Gasteiger partial charge in [-0.25, -0.2) is 0 Å². The molecule has 1 amide bonds. The highest BCUT2D eigenvalue weighted by atomic mass is 35.5. The number of rotatable bonds is 5. The summed E-state index contributed by atoms with van der Waals surface area (Å²) in [5, 5.41) is 6.75. The van der Waals surface area contributed by atoms with Crippen LogP contribution in [0.4, 0.5) is 11.4 Å². The van der Waals surface area contributed by atoms with Gasteiger partial charge in [-0.15, -0.1) is 0 Å². The molecule has 0 saturated carbocycles. The molecule has 0 aliphatic carbocycles. The molecule has 2 N–H and O–H groups in total. The Bertz CT molecular complexity index is 820. The molecule has 24 heavy (non-hydrogen) atoms. The summed E-state index contributed by atoms with van der Waals surface area (Å²) in [6.07, 6.45) is 3.21. The lowest BCUT2D eigenvalue weighted by molar-refractivity contribution is 0.102. The fraction of sp³-hybridized carbons (Fsp3) is 0.0526. The summed E-state index contributed by atoms with van der Waals surface area (Å²) in [7, 11) is 0. The first-order valence-electron chi connectivity index (χ1n) is 7.51. The summed E-state index contributed by atoms with van der Waals surface area (Å²) in [5.41, 5.74) is 3.05. The normalized spacial score (nSPS) is 10.2. The van der Waals surface area contributed by atoms with Crippen LogP contribution in [0.1, 0.15) is 15.9 Å². The van der Waals surface area contributed by atoms with E-state index in [2.05, 4.69) is 15.6 Å². The molecule has 0 aliphatic rings. The quantitative estimate of drug-likeness (QED) is 0.715. The average molecular weight is 338 g/mol. The molecule has 1 heterocycles. The Hall–Kier alpha value is -2.85. The van der Waals surface area contributed by atoms with Crippen LogP contribution in [0.25, 0.3) is 0 Å². The fourth-order valence-corrected chi connectivity index (χ4v) is 2.38. The van der Waals surface area contributed by atoms with Crippen LogP contribution in [0.15, 0.2) is 73.1 Å². The molecule has 0 unspecified atom stereocenters. The molecule has 3 aromatic rings. The van der Waals surface area contributed by atoms with Gasteiger partial charge in [-0.1, -0.05) is 41.9 Å². The molecule has 0 aliphatic heterocycles. The van der Waals surface area contributed by atoms with Crippen molar-refractivity contribution in [1.82, 2.24) is 4.98 Å². The lowest BCUT2D eigenvalue weighted by Gasteiger charge is -2.12. The van der Waals surface area contributed by atoms with Crippen molar-refractivity contribution in [2.45, 2.75) is 6.54 Å². The number of anilines is 2. The van der Waals surface area contributed by atoms with Gasteiger partial charge in [0, 0.05) is 29.6 Å². The second kappa shape index (κ2) is 7.62. The molecule has 3 rings (SSSR count). The summed E-state index contributed by atoms with van der Waals surface area (Å²) < 4.78 is 0. The molecule has 2 aromatic carbocycles. The summed E-state index contributed by atoms with van der Waals surface area (Å²) >= 11 is 5.86. The summed E-state index contributed by atoms with van der Waals surface area (Å²) in [6, 6.07) is 18.8. The number of carbonyl (C=O) groups is 1. The molecule has 5 heteroatoms. The van der Waals surface area contributed by atoms with Gasteiger partial charge in [0.2, 0.25) is 0 Å². The number of carbonyl (C=O) groups excluding carboxylic acids is 1. The van der Waals surface area contributed by atoms with Crippen molar-refractivity contribution in [1.29, 1.82) is 0 Å². The number of amides is 1. The number of halogens is 1. The maximum absolute atomic E-state index is 12.5. The van der Waals surface area contributed by atoms with E-state index >= 15 is 0 Å². The van der Waals surface area contributed by atoms with Gasteiger partial charge in [-0.2, -0.15) is 0 Å². The number of nitrogens with one attached hydrogen (secondary N) is 2. The van der Waals surface area contributed by atoms with E-state index in [1.165, 1.54) is 0 Å². The van der Waals surface area contributed by atoms with Crippen molar-refractivity contribution in [2.24, 2.45) is 0 Å². The van der Waals surface area contributed by atoms with Crippen molar-refractivity contribution >= 4 is 28.9 Å². The van der Waals surface area contributed by atoms with Crippen LogP contribution >= 0.6 is 11.6 Å². The molecule has 0 radical (unpaired) electrons. The minimum Gasteiger partial charge on any atom is -0.380 e. The van der Waals surface area contributed by atoms with E-state index in [1.54, 1.807) is 42.7 Å². The number of hydrogen-bond donors (Lipinski definition) is 2. The van der Waals surface area contributed by atoms with Gasteiger partial charge in [-0.3, -0.25) is 9.78 Å². The highest BCUT2D eigenvalue weighted by molar-refractivity contribution is 6.30. The number of benzene rings is 2. The van der Waals surface area contributed by atoms with Crippen LogP contribution in [0.2, 0.25) is 5.02 Å². The molecule has 0 bridgehead atoms. The van der Waals surface area contributed by atoms with Gasteiger partial charge >= 0.3 is 0 Å². The lowest BCUT2D eigenvalue weighted by Crippen LogP contribution is -2.15. The first-order chi connectivity index (χ1) is 11.7. The molecular formula is C19H16ClN3O. The smallest absolute Gasteiger partial charge is 0.259 e. The van der Waals surface area contributed by atoms with Crippen molar-refractivity contribution < 1.29 is 4.79 Å². The van der Waals surface area contributed by atoms with Gasteiger partial charge in [0.1, 0.15) is 0 Å². The standard InChI is InChI=1S/C19H16ClN3O/c20-15-6-8-16(9-7-15)23-19(24)17-13-21-11-10-18(17)22-12-14-4-2-1-3-5-14/h1-11,13H,12H2,(H,21,22)(H,23,24). The predicted octanol–water partition coefficient (Wildman–Crippen LogP) is 4.60. The number of aromatic nitrogens is 1. The molecule has 120 valence electrons. The molecule has 0 fully saturated rings. The number of hydrogen-bond acceptors (Lipinski definition) is 3. The van der Waals surface area contributed by atoms with E-state index in [9.17, 15) is 4.79 Å². The Kier molecular flexibility index (Phi) is 5.08. The number of nitrogens with zero attached hydrogens (tertiary/aromatic N) is 1. The maximum atomic E-state index is 12.5. The van der Waals surface area contributed by atoms with Gasteiger partial charge in [0.05, 0.1) is 11.3 Å². The molecule has 0 saturated heterocycles. The fourth-order valence-electron chi connectivity index (χ4n) is 2.25. The molecular weight excluding hydrogens is 322 g/mol. The van der Waals surface area contributed by atoms with Gasteiger partial charge in [0.25, 0.3) is 5.91 Å². The molecule has 4 nitrogen and oxygen atoms in total. The third-order valence-electron chi connectivity index (χ3n) is 3.49. The van der Waals surface area contributed by atoms with Crippen molar-refractivity contribution in [3.05, 3.63) is 89.2 Å². The molecule has 1 aromatic heterocycles. The first kappa shape index (κ1) is 16.0. The van der Waals surface area contributed by atoms with Gasteiger partial charge < -0.3 is 10.6 Å². The van der Waals surface area contributed by atoms with E-state index < -0.39 is 0 Å². The Morgan fingerprint density at radius 2 is 1.75 bits per heavy atom. The minimum absolute atomic E-state index is 0.221. The second-order valence-electron chi connectivity index (χ2n) is 5.22. The van der Waals surface area contributed by atoms with Gasteiger partial charge in [0.15, 0.2) is 0 Å². The van der Waals surface area contributed by atoms with E-state index in [-0.39, 0.29) is 5.91 Å². The van der Waals surface area contributed by atoms with Crippen LogP contribution in [0, 0.1) is 0 Å². The minimum atomic E-state index is -0.221. The highest BCUT2D eigenvalue weighted by Crippen LogP contribution is 2.18. The van der Waals surface area contributed by atoms with Crippen molar-refractivity contribution in [3.8, 4) is 0 Å².